The minimum Gasteiger partial charge on any atom is -0.377 e. The van der Waals surface area contributed by atoms with Crippen molar-refractivity contribution in [1.29, 1.82) is 0 Å². The Morgan fingerprint density at radius 3 is 2.93 bits per heavy atom. The molecule has 1 aromatic carbocycles. The Kier molecular flexibility index (Phi) is 5.13. The van der Waals surface area contributed by atoms with E-state index in [1.54, 1.807) is 0 Å². The topological polar surface area (TPSA) is 89.7 Å². The maximum Gasteiger partial charge on any atom is 0.255 e. The molecule has 29 heavy (non-hydrogen) atoms. The summed E-state index contributed by atoms with van der Waals surface area (Å²) >= 11 is 0. The molecule has 0 fully saturated rings. The third-order valence-corrected chi connectivity index (χ3v) is 5.66. The number of hydrogen-bond donors (Lipinski definition) is 3. The van der Waals surface area contributed by atoms with Crippen molar-refractivity contribution in [2.75, 3.05) is 13.6 Å². The number of amides is 1. The van der Waals surface area contributed by atoms with E-state index in [0.717, 1.165) is 29.6 Å². The lowest BCUT2D eigenvalue weighted by Crippen LogP contribution is -2.31. The quantitative estimate of drug-likeness (QED) is 0.596. The van der Waals surface area contributed by atoms with Gasteiger partial charge in [0.1, 0.15) is 5.69 Å². The van der Waals surface area contributed by atoms with Gasteiger partial charge in [-0.05, 0) is 49.6 Å². The number of fused-ring (bicyclic) bond motifs is 1. The van der Waals surface area contributed by atoms with Crippen LogP contribution in [0.3, 0.4) is 0 Å². The summed E-state index contributed by atoms with van der Waals surface area (Å²) in [7, 11) is 2.07. The van der Waals surface area contributed by atoms with E-state index in [4.69, 9.17) is 0 Å². The fourth-order valence-electron chi connectivity index (χ4n) is 3.81. The van der Waals surface area contributed by atoms with Crippen LogP contribution in [-0.4, -0.2) is 50.6 Å². The molecule has 3 heterocycles. The Morgan fingerprint density at radius 2 is 2.21 bits per heavy atom. The van der Waals surface area contributed by atoms with Gasteiger partial charge >= 0.3 is 0 Å². The van der Waals surface area contributed by atoms with Gasteiger partial charge < -0.3 is 15.2 Å². The number of rotatable bonds is 6. The summed E-state index contributed by atoms with van der Waals surface area (Å²) in [5, 5.41) is 10.3. The zero-order valence-corrected chi connectivity index (χ0v) is 17.4. The van der Waals surface area contributed by atoms with Gasteiger partial charge in [-0.25, -0.2) is 4.98 Å². The first-order valence-corrected chi connectivity index (χ1v) is 10.2. The molecule has 7 heteroatoms. The van der Waals surface area contributed by atoms with E-state index in [0.29, 0.717) is 35.6 Å². The van der Waals surface area contributed by atoms with Crippen molar-refractivity contribution in [3.8, 4) is 11.5 Å². The molecule has 1 amide bonds. The van der Waals surface area contributed by atoms with Crippen molar-refractivity contribution >= 4 is 16.9 Å². The van der Waals surface area contributed by atoms with Crippen LogP contribution < -0.4 is 5.32 Å². The van der Waals surface area contributed by atoms with Crippen LogP contribution in [0.4, 0.5) is 0 Å². The lowest BCUT2D eigenvalue weighted by molar-refractivity contribution is 0.0951. The molecule has 1 unspecified atom stereocenters. The Balaban J connectivity index is 1.53. The van der Waals surface area contributed by atoms with E-state index < -0.39 is 0 Å². The second-order valence-electron chi connectivity index (χ2n) is 8.07. The van der Waals surface area contributed by atoms with E-state index in [-0.39, 0.29) is 5.91 Å². The Hall–Kier alpha value is -3.09. The van der Waals surface area contributed by atoms with Crippen molar-refractivity contribution < 1.29 is 4.79 Å². The second-order valence-corrected chi connectivity index (χ2v) is 8.07. The van der Waals surface area contributed by atoms with E-state index in [2.05, 4.69) is 75.7 Å². The standard InChI is InChI=1S/C22H28N6O/c1-13(2)15-7-8-17-18(12-15)25-21(24-17)20-19(14(3)26-27-20)22(29)23-10-9-16-6-5-11-28(16)4/h5,7-8,11-13,16H,6,9-10H2,1-4H3,(H,23,29)(H,24,25)(H,26,27). The summed E-state index contributed by atoms with van der Waals surface area (Å²) < 4.78 is 0. The number of nitrogens with one attached hydrogen (secondary N) is 3. The number of H-pyrrole nitrogens is 2. The largest absolute Gasteiger partial charge is 0.377 e. The van der Waals surface area contributed by atoms with Crippen LogP contribution in [0.5, 0.6) is 0 Å². The third-order valence-electron chi connectivity index (χ3n) is 5.66. The number of carbonyl (C=O) groups is 1. The third kappa shape index (κ3) is 3.77. The first kappa shape index (κ1) is 19.2. The molecule has 0 saturated heterocycles. The van der Waals surface area contributed by atoms with Gasteiger partial charge in [-0.15, -0.1) is 0 Å². The van der Waals surface area contributed by atoms with Gasteiger partial charge in [0.2, 0.25) is 0 Å². The number of aromatic nitrogens is 4. The van der Waals surface area contributed by atoms with Crippen molar-refractivity contribution in [1.82, 2.24) is 30.4 Å². The Bertz CT molecular complexity index is 1060. The zero-order valence-electron chi connectivity index (χ0n) is 17.4. The molecule has 0 spiro atoms. The SMILES string of the molecule is Cc1[nH]nc(-c2nc3ccc(C(C)C)cc3[nH]2)c1C(=O)NCCC1CC=CN1C. The first-order valence-electron chi connectivity index (χ1n) is 10.2. The minimum absolute atomic E-state index is 0.122. The molecule has 4 rings (SSSR count). The number of aromatic amines is 2. The van der Waals surface area contributed by atoms with Gasteiger partial charge in [0, 0.05) is 25.3 Å². The molecule has 1 aliphatic rings. The Morgan fingerprint density at radius 1 is 1.38 bits per heavy atom. The van der Waals surface area contributed by atoms with Crippen LogP contribution >= 0.6 is 0 Å². The number of hydrogen-bond acceptors (Lipinski definition) is 4. The molecule has 3 N–H and O–H groups in total. The Labute approximate surface area is 170 Å². The molecule has 1 atom stereocenters. The summed E-state index contributed by atoms with van der Waals surface area (Å²) in [4.78, 5) is 23.1. The van der Waals surface area contributed by atoms with Crippen LogP contribution in [-0.2, 0) is 0 Å². The predicted molar refractivity (Wildman–Crippen MR) is 115 cm³/mol. The van der Waals surface area contributed by atoms with Gasteiger partial charge in [0.05, 0.1) is 16.6 Å². The molecule has 2 aromatic heterocycles. The fourth-order valence-corrected chi connectivity index (χ4v) is 3.81. The molecule has 152 valence electrons. The van der Waals surface area contributed by atoms with E-state index >= 15 is 0 Å². The lowest BCUT2D eigenvalue weighted by atomic mass is 10.0. The number of benzene rings is 1. The van der Waals surface area contributed by atoms with Crippen LogP contribution in [0.25, 0.3) is 22.6 Å². The summed E-state index contributed by atoms with van der Waals surface area (Å²) in [5.74, 6) is 0.924. The average Bonchev–Trinajstić information content (AvgIpc) is 3.39. The van der Waals surface area contributed by atoms with E-state index in [9.17, 15) is 4.79 Å². The highest BCUT2D eigenvalue weighted by Gasteiger charge is 2.22. The molecule has 1 aliphatic heterocycles. The summed E-state index contributed by atoms with van der Waals surface area (Å²) in [6.45, 7) is 6.81. The molecule has 0 radical (unpaired) electrons. The lowest BCUT2D eigenvalue weighted by Gasteiger charge is -2.20. The van der Waals surface area contributed by atoms with Gasteiger partial charge in [0.25, 0.3) is 5.91 Å². The minimum atomic E-state index is -0.122. The summed E-state index contributed by atoms with van der Waals surface area (Å²) in [6.07, 6.45) is 6.19. The monoisotopic (exact) mass is 392 g/mol. The van der Waals surface area contributed by atoms with Crippen molar-refractivity contribution in [2.24, 2.45) is 0 Å². The second kappa shape index (κ2) is 7.73. The first-order chi connectivity index (χ1) is 13.9. The molecule has 0 saturated carbocycles. The van der Waals surface area contributed by atoms with Crippen LogP contribution in [0, 0.1) is 6.92 Å². The van der Waals surface area contributed by atoms with Crippen molar-refractivity contribution in [2.45, 2.75) is 45.6 Å². The molecule has 0 bridgehead atoms. The van der Waals surface area contributed by atoms with Crippen molar-refractivity contribution in [3.05, 3.63) is 47.3 Å². The highest BCUT2D eigenvalue weighted by molar-refractivity contribution is 6.00. The van der Waals surface area contributed by atoms with Crippen LogP contribution in [0.1, 0.15) is 54.2 Å². The van der Waals surface area contributed by atoms with Crippen LogP contribution in [0.15, 0.2) is 30.5 Å². The maximum absolute atomic E-state index is 12.9. The predicted octanol–water partition coefficient (Wildman–Crippen LogP) is 3.72. The summed E-state index contributed by atoms with van der Waals surface area (Å²) in [5.41, 5.74) is 4.91. The highest BCUT2D eigenvalue weighted by atomic mass is 16.1. The van der Waals surface area contributed by atoms with Gasteiger partial charge in [-0.3, -0.25) is 9.89 Å². The normalized spacial score (nSPS) is 16.3. The molecular formula is C22H28N6O. The maximum atomic E-state index is 12.9. The molecule has 0 aliphatic carbocycles. The van der Waals surface area contributed by atoms with Crippen LogP contribution in [0.2, 0.25) is 0 Å². The smallest absolute Gasteiger partial charge is 0.255 e. The highest BCUT2D eigenvalue weighted by Crippen LogP contribution is 2.26. The number of carbonyl (C=O) groups excluding carboxylic acids is 1. The molecular weight excluding hydrogens is 364 g/mol. The zero-order chi connectivity index (χ0) is 20.5. The average molecular weight is 393 g/mol. The van der Waals surface area contributed by atoms with Gasteiger partial charge in [0.15, 0.2) is 5.82 Å². The number of aryl methyl sites for hydroxylation is 1. The van der Waals surface area contributed by atoms with E-state index in [1.165, 1.54) is 5.56 Å². The molecule has 7 nitrogen and oxygen atoms in total. The number of nitrogens with zero attached hydrogens (tertiary/aromatic N) is 3. The molecule has 3 aromatic rings. The summed E-state index contributed by atoms with van der Waals surface area (Å²) in [6, 6.07) is 6.67. The van der Waals surface area contributed by atoms with E-state index in [1.807, 2.05) is 13.0 Å². The number of imidazole rings is 1. The van der Waals surface area contributed by atoms with Gasteiger partial charge in [-0.2, -0.15) is 5.10 Å². The fraction of sp³-hybridized carbons (Fsp3) is 0.409. The van der Waals surface area contributed by atoms with Gasteiger partial charge in [-0.1, -0.05) is 26.0 Å². The van der Waals surface area contributed by atoms with Crippen molar-refractivity contribution in [3.63, 3.8) is 0 Å².